The van der Waals surface area contributed by atoms with Gasteiger partial charge in [0.15, 0.2) is 0 Å². The van der Waals surface area contributed by atoms with Crippen LogP contribution in [0.25, 0.3) is 0 Å². The molecule has 0 atom stereocenters. The summed E-state index contributed by atoms with van der Waals surface area (Å²) in [5.41, 5.74) is 0. The first kappa shape index (κ1) is 22.7. The second-order valence-electron chi connectivity index (χ2n) is 0.714. The van der Waals surface area contributed by atoms with Crippen LogP contribution in [0, 0.1) is 30.3 Å². The van der Waals surface area contributed by atoms with Gasteiger partial charge in [0.1, 0.15) is 0 Å². The largest absolute Gasteiger partial charge is 2.00 e. The molecule has 0 saturated heterocycles. The first-order valence-electron chi connectivity index (χ1n) is 1.70. The second-order valence-corrected chi connectivity index (χ2v) is 0.714. The zero-order chi connectivity index (χ0) is 10.7. The van der Waals surface area contributed by atoms with Crippen LogP contribution in [-0.2, 0) is 0 Å². The van der Waals surface area contributed by atoms with E-state index in [0.717, 1.165) is 0 Å². The Balaban J connectivity index is -0.0000000184. The van der Waals surface area contributed by atoms with Gasteiger partial charge in [0.2, 0.25) is 0 Å². The van der Waals surface area contributed by atoms with Crippen LogP contribution in [0.1, 0.15) is 2.85 Å². The van der Waals surface area contributed by atoms with Gasteiger partial charge in [-0.05, 0) is 0 Å². The smallest absolute Gasteiger partial charge is 1.00 e. The Labute approximate surface area is 109 Å². The van der Waals surface area contributed by atoms with Crippen molar-refractivity contribution in [2.45, 2.75) is 0 Å². The van der Waals surface area contributed by atoms with E-state index in [4.69, 9.17) is 46.0 Å². The summed E-state index contributed by atoms with van der Waals surface area (Å²) in [6.07, 6.45) is 0. The SMILES string of the molecule is O=[N+]([O-])O.O=[N+]([O-])O.O=[N+]([O-])O.[H-].[H-].[Sr+2]. The maximum Gasteiger partial charge on any atom is 2.00 e. The van der Waals surface area contributed by atoms with Crippen LogP contribution in [0.2, 0.25) is 0 Å². The molecule has 0 fully saturated rings. The number of rotatable bonds is 0. The van der Waals surface area contributed by atoms with E-state index in [2.05, 4.69) is 0 Å². The molecule has 0 aliphatic carbocycles. The molecule has 12 nitrogen and oxygen atoms in total. The molecule has 0 heterocycles. The van der Waals surface area contributed by atoms with E-state index < -0.39 is 15.3 Å². The number of nitrogens with zero attached hydrogens (tertiary/aromatic N) is 3. The predicted octanol–water partition coefficient (Wildman–Crippen LogP) is -1.20. The van der Waals surface area contributed by atoms with Crippen molar-refractivity contribution in [3.63, 3.8) is 0 Å². The van der Waals surface area contributed by atoms with E-state index in [-0.39, 0.29) is 48.3 Å². The van der Waals surface area contributed by atoms with Crippen LogP contribution in [-0.4, -0.2) is 76.4 Å². The summed E-state index contributed by atoms with van der Waals surface area (Å²) >= 11 is 0. The minimum atomic E-state index is -1.50. The molecule has 0 unspecified atom stereocenters. The summed E-state index contributed by atoms with van der Waals surface area (Å²) in [6.45, 7) is 0. The summed E-state index contributed by atoms with van der Waals surface area (Å²) < 4.78 is 0. The van der Waals surface area contributed by atoms with Gasteiger partial charge < -0.3 is 18.5 Å². The van der Waals surface area contributed by atoms with Gasteiger partial charge in [-0.1, -0.05) is 0 Å². The van der Waals surface area contributed by atoms with Gasteiger partial charge in [0.05, 0.1) is 0 Å². The Bertz CT molecular complexity index is 121. The minimum absolute atomic E-state index is 0. The van der Waals surface area contributed by atoms with Crippen molar-refractivity contribution in [3.05, 3.63) is 30.3 Å². The molecule has 0 aromatic rings. The first-order valence-corrected chi connectivity index (χ1v) is 1.70. The van der Waals surface area contributed by atoms with Gasteiger partial charge in [0, 0.05) is 0 Å². The zero-order valence-corrected chi connectivity index (χ0v) is 9.32. The molecule has 0 aromatic carbocycles. The van der Waals surface area contributed by atoms with Crippen molar-refractivity contribution in [1.82, 2.24) is 0 Å². The zero-order valence-electron chi connectivity index (χ0n) is 7.84. The Morgan fingerprint density at radius 1 is 0.769 bits per heavy atom. The second kappa shape index (κ2) is 17.2. The molecule has 0 aliphatic rings. The van der Waals surface area contributed by atoms with Gasteiger partial charge in [0.25, 0.3) is 15.3 Å². The summed E-state index contributed by atoms with van der Waals surface area (Å²) in [4.78, 5) is 25.1. The van der Waals surface area contributed by atoms with Crippen molar-refractivity contribution in [3.8, 4) is 0 Å². The third-order valence-electron chi connectivity index (χ3n) is 0. The molecule has 13 heteroatoms. The Hall–Kier alpha value is -0.919. The molecule has 0 spiro atoms. The molecule has 0 rings (SSSR count). The standard InChI is InChI=1S/3HNO3.Sr.2H/c3*2-1(3)4;;;/h3*(H,2,3,4);;;/q;;;+2;2*-1. The number of hydrogen-bond donors (Lipinski definition) is 3. The van der Waals surface area contributed by atoms with Crippen molar-refractivity contribution in [2.75, 3.05) is 0 Å². The van der Waals surface area contributed by atoms with E-state index in [1.807, 2.05) is 0 Å². The topological polar surface area (TPSA) is 190 Å². The van der Waals surface area contributed by atoms with Crippen molar-refractivity contribution in [1.29, 1.82) is 0 Å². The molecular weight excluding hydrogens is 274 g/mol. The predicted molar refractivity (Wildman–Crippen MR) is 34.3 cm³/mol. The molecule has 0 radical (unpaired) electrons. The normalized spacial score (nSPS) is 5.54. The van der Waals surface area contributed by atoms with Crippen LogP contribution < -0.4 is 0 Å². The molecule has 0 aliphatic heterocycles. The summed E-state index contributed by atoms with van der Waals surface area (Å²) in [5.74, 6) is 0. The van der Waals surface area contributed by atoms with Gasteiger partial charge in [-0.15, -0.1) is 30.3 Å². The maximum absolute atomic E-state index is 8.36. The minimum Gasteiger partial charge on any atom is -1.00 e. The Morgan fingerprint density at radius 2 is 0.769 bits per heavy atom. The summed E-state index contributed by atoms with van der Waals surface area (Å²) in [7, 11) is 0. The average Bonchev–Trinajstić information content (AvgIpc) is 1.54. The average molecular weight is 279 g/mol. The van der Waals surface area contributed by atoms with Crippen LogP contribution in [0.3, 0.4) is 0 Å². The molecule has 0 aromatic heterocycles. The molecule has 0 saturated carbocycles. The molecule has 0 amide bonds. The first-order chi connectivity index (χ1) is 5.20. The van der Waals surface area contributed by atoms with Crippen LogP contribution in [0.15, 0.2) is 0 Å². The summed E-state index contributed by atoms with van der Waals surface area (Å²) in [5, 5.41) is 40.9. The van der Waals surface area contributed by atoms with Crippen LogP contribution in [0.5, 0.6) is 0 Å². The van der Waals surface area contributed by atoms with Crippen LogP contribution >= 0.6 is 0 Å². The fourth-order valence-electron chi connectivity index (χ4n) is 0. The molecule has 3 N–H and O–H groups in total. The maximum atomic E-state index is 8.36. The van der Waals surface area contributed by atoms with Crippen LogP contribution in [0.4, 0.5) is 0 Å². The Kier molecular flexibility index (Phi) is 30.1. The van der Waals surface area contributed by atoms with E-state index in [9.17, 15) is 0 Å². The monoisotopic (exact) mass is 279 g/mol. The Morgan fingerprint density at radius 3 is 0.769 bits per heavy atom. The molecule has 0 bridgehead atoms. The van der Waals surface area contributed by atoms with E-state index in [1.165, 1.54) is 0 Å². The molecule has 76 valence electrons. The quantitative estimate of drug-likeness (QED) is 0.277. The third-order valence-corrected chi connectivity index (χ3v) is 0. The van der Waals surface area contributed by atoms with Crippen molar-refractivity contribution < 1.29 is 33.7 Å². The van der Waals surface area contributed by atoms with Crippen molar-refractivity contribution >= 4 is 45.5 Å². The fraction of sp³-hybridized carbons (Fsp3) is 0. The van der Waals surface area contributed by atoms with E-state index in [0.29, 0.717) is 0 Å². The number of hydrogen-bond acceptors (Lipinski definition) is 6. The molecular formula is H5N3O9Sr. The van der Waals surface area contributed by atoms with E-state index >= 15 is 0 Å². The van der Waals surface area contributed by atoms with Gasteiger partial charge >= 0.3 is 45.5 Å². The molecule has 13 heavy (non-hydrogen) atoms. The van der Waals surface area contributed by atoms with Crippen molar-refractivity contribution in [2.24, 2.45) is 0 Å². The summed E-state index contributed by atoms with van der Waals surface area (Å²) in [6, 6.07) is 0. The van der Waals surface area contributed by atoms with Gasteiger partial charge in [-0.2, -0.15) is 0 Å². The van der Waals surface area contributed by atoms with Gasteiger partial charge in [-0.25, -0.2) is 0 Å². The fourth-order valence-corrected chi connectivity index (χ4v) is 0. The van der Waals surface area contributed by atoms with E-state index in [1.54, 1.807) is 0 Å². The third kappa shape index (κ3) is 1080. The van der Waals surface area contributed by atoms with Gasteiger partial charge in [-0.3, -0.25) is 0 Å².